The van der Waals surface area contributed by atoms with E-state index in [2.05, 4.69) is 0 Å². The Hall–Kier alpha value is -0.980. The van der Waals surface area contributed by atoms with Gasteiger partial charge in [0.25, 0.3) is 0 Å². The van der Waals surface area contributed by atoms with E-state index in [1.807, 2.05) is 0 Å². The van der Waals surface area contributed by atoms with Crippen molar-refractivity contribution < 1.29 is 50.4 Å². The predicted octanol–water partition coefficient (Wildman–Crippen LogP) is -5.48. The van der Waals surface area contributed by atoms with Crippen molar-refractivity contribution in [3.05, 3.63) is 0 Å². The first-order valence-corrected chi connectivity index (χ1v) is 5.47. The van der Waals surface area contributed by atoms with Crippen molar-refractivity contribution in [2.45, 2.75) is 36.6 Å². The largest absolute Gasteiger partial charge is 0.394 e. The van der Waals surface area contributed by atoms with Crippen LogP contribution < -0.4 is 0 Å². The van der Waals surface area contributed by atoms with Crippen LogP contribution in [0.2, 0.25) is 0 Å². The van der Waals surface area contributed by atoms with Gasteiger partial charge in [-0.15, -0.1) is 0 Å². The molecule has 0 unspecified atom stereocenters. The van der Waals surface area contributed by atoms with E-state index in [1.54, 1.807) is 0 Å². The van der Waals surface area contributed by atoms with Crippen LogP contribution in [0.25, 0.3) is 0 Å². The lowest BCUT2D eigenvalue weighted by molar-refractivity contribution is -0.128. The molecule has 0 radical (unpaired) electrons. The summed E-state index contributed by atoms with van der Waals surface area (Å²) in [6.45, 7) is -1.38. The molecule has 20 heavy (non-hydrogen) atoms. The summed E-state index contributed by atoms with van der Waals surface area (Å²) in [5.41, 5.74) is 0. The lowest BCUT2D eigenvalue weighted by Gasteiger charge is -2.16. The van der Waals surface area contributed by atoms with Crippen LogP contribution in [0.5, 0.6) is 0 Å². The van der Waals surface area contributed by atoms with E-state index in [-0.39, 0.29) is 12.6 Å². The fourth-order valence-electron chi connectivity index (χ4n) is 0.832. The molecule has 120 valence electrons. The molecular formula is C10H20O10. The van der Waals surface area contributed by atoms with Crippen molar-refractivity contribution in [2.24, 2.45) is 0 Å². The second-order valence-corrected chi connectivity index (χ2v) is 3.73. The van der Waals surface area contributed by atoms with E-state index in [1.165, 1.54) is 0 Å². The smallest absolute Gasteiger partial charge is 0.151 e. The quantitative estimate of drug-likeness (QED) is 0.200. The Morgan fingerprint density at radius 1 is 0.650 bits per heavy atom. The van der Waals surface area contributed by atoms with E-state index < -0.39 is 49.8 Å². The van der Waals surface area contributed by atoms with Gasteiger partial charge in [-0.25, -0.2) is 0 Å². The maximum Gasteiger partial charge on any atom is 0.151 e. The van der Waals surface area contributed by atoms with Crippen molar-refractivity contribution in [1.82, 2.24) is 0 Å². The van der Waals surface area contributed by atoms with Crippen LogP contribution in [-0.2, 0) is 9.59 Å². The van der Waals surface area contributed by atoms with Gasteiger partial charge in [-0.1, -0.05) is 0 Å². The average molecular weight is 300 g/mol. The lowest BCUT2D eigenvalue weighted by atomic mass is 10.1. The second-order valence-electron chi connectivity index (χ2n) is 3.73. The van der Waals surface area contributed by atoms with Crippen molar-refractivity contribution in [1.29, 1.82) is 0 Å². The number of aldehydes is 2. The first-order valence-electron chi connectivity index (χ1n) is 5.47. The van der Waals surface area contributed by atoms with Gasteiger partial charge in [0.2, 0.25) is 0 Å². The summed E-state index contributed by atoms with van der Waals surface area (Å²) < 4.78 is 0. The number of carbonyl (C=O) groups excluding carboxylic acids is 2. The highest BCUT2D eigenvalue weighted by Gasteiger charge is 2.23. The number of rotatable bonds is 8. The van der Waals surface area contributed by atoms with Crippen LogP contribution in [0, 0.1) is 0 Å². The third kappa shape index (κ3) is 8.24. The molecule has 0 aromatic rings. The van der Waals surface area contributed by atoms with Crippen LogP contribution in [0.3, 0.4) is 0 Å². The summed E-state index contributed by atoms with van der Waals surface area (Å²) in [6, 6.07) is 0. The molecule has 0 saturated heterocycles. The molecule has 0 amide bonds. The molecule has 0 heterocycles. The minimum atomic E-state index is -1.64. The summed E-state index contributed by atoms with van der Waals surface area (Å²) in [6.07, 6.45) is -9.26. The number of carbonyl (C=O) groups is 2. The Bertz CT molecular complexity index is 234. The van der Waals surface area contributed by atoms with E-state index in [0.717, 1.165) is 0 Å². The third-order valence-corrected chi connectivity index (χ3v) is 2.14. The van der Waals surface area contributed by atoms with Crippen LogP contribution in [0.4, 0.5) is 0 Å². The van der Waals surface area contributed by atoms with Crippen LogP contribution >= 0.6 is 0 Å². The number of aliphatic hydroxyl groups is 8. The highest BCUT2D eigenvalue weighted by atomic mass is 16.4. The molecule has 10 nitrogen and oxygen atoms in total. The Labute approximate surface area is 114 Å². The van der Waals surface area contributed by atoms with Crippen LogP contribution in [0.15, 0.2) is 0 Å². The zero-order chi connectivity index (χ0) is 16.3. The van der Waals surface area contributed by atoms with Crippen LogP contribution in [0.1, 0.15) is 0 Å². The van der Waals surface area contributed by atoms with Crippen molar-refractivity contribution >= 4 is 12.6 Å². The Balaban J connectivity index is 0. The van der Waals surface area contributed by atoms with E-state index in [4.69, 9.17) is 40.9 Å². The molecule has 0 aliphatic rings. The number of hydrogen-bond acceptors (Lipinski definition) is 10. The van der Waals surface area contributed by atoms with E-state index >= 15 is 0 Å². The minimum Gasteiger partial charge on any atom is -0.394 e. The van der Waals surface area contributed by atoms with Gasteiger partial charge >= 0.3 is 0 Å². The van der Waals surface area contributed by atoms with E-state index in [0.29, 0.717) is 0 Å². The standard InChI is InChI=1S/2C5H10O5/c2*6-1-3(8)5(10)4(9)2-7/h2*1,3-5,7-10H,2H2/t2*3-,4+,5-/m10/s1. The summed E-state index contributed by atoms with van der Waals surface area (Å²) in [7, 11) is 0. The zero-order valence-corrected chi connectivity index (χ0v) is 10.4. The minimum absolute atomic E-state index is 0.0869. The van der Waals surface area contributed by atoms with Crippen molar-refractivity contribution in [3.8, 4) is 0 Å². The number of aliphatic hydroxyl groups excluding tert-OH is 8. The molecule has 0 rings (SSSR count). The topological polar surface area (TPSA) is 196 Å². The summed E-state index contributed by atoms with van der Waals surface area (Å²) in [4.78, 5) is 19.5. The highest BCUT2D eigenvalue weighted by Crippen LogP contribution is 1.97. The highest BCUT2D eigenvalue weighted by molar-refractivity contribution is 5.57. The first kappa shape index (κ1) is 21.3. The Morgan fingerprint density at radius 3 is 1.05 bits per heavy atom. The van der Waals surface area contributed by atoms with Gasteiger partial charge in [-0.05, 0) is 0 Å². The third-order valence-electron chi connectivity index (χ3n) is 2.14. The fraction of sp³-hybridized carbons (Fsp3) is 0.800. The van der Waals surface area contributed by atoms with Gasteiger partial charge < -0.3 is 50.4 Å². The molecule has 0 aliphatic heterocycles. The Kier molecular flexibility index (Phi) is 12.6. The second kappa shape index (κ2) is 11.8. The molecule has 0 aromatic carbocycles. The fourth-order valence-corrected chi connectivity index (χ4v) is 0.832. The zero-order valence-electron chi connectivity index (χ0n) is 10.4. The summed E-state index contributed by atoms with van der Waals surface area (Å²) in [5.74, 6) is 0. The number of hydrogen-bond donors (Lipinski definition) is 8. The molecule has 0 saturated carbocycles. The molecule has 10 heteroatoms. The predicted molar refractivity (Wildman–Crippen MR) is 62.3 cm³/mol. The lowest BCUT2D eigenvalue weighted by Crippen LogP contribution is -2.40. The van der Waals surface area contributed by atoms with Crippen LogP contribution in [-0.4, -0.2) is 103 Å². The van der Waals surface area contributed by atoms with E-state index in [9.17, 15) is 9.59 Å². The summed E-state index contributed by atoms with van der Waals surface area (Å²) in [5, 5.41) is 68.1. The van der Waals surface area contributed by atoms with Crippen molar-refractivity contribution in [3.63, 3.8) is 0 Å². The van der Waals surface area contributed by atoms with Gasteiger partial charge in [0.1, 0.15) is 36.6 Å². The molecule has 0 fully saturated rings. The molecule has 6 atom stereocenters. The molecule has 8 N–H and O–H groups in total. The maximum atomic E-state index is 9.76. The molecular weight excluding hydrogens is 280 g/mol. The summed E-state index contributed by atoms with van der Waals surface area (Å²) >= 11 is 0. The average Bonchev–Trinajstić information content (AvgIpc) is 2.50. The van der Waals surface area contributed by atoms with Gasteiger partial charge in [0.15, 0.2) is 12.6 Å². The van der Waals surface area contributed by atoms with Crippen molar-refractivity contribution in [2.75, 3.05) is 13.2 Å². The normalized spacial score (nSPS) is 19.6. The van der Waals surface area contributed by atoms with Gasteiger partial charge in [-0.3, -0.25) is 0 Å². The van der Waals surface area contributed by atoms with Gasteiger partial charge in [0.05, 0.1) is 13.2 Å². The molecule has 0 aromatic heterocycles. The van der Waals surface area contributed by atoms with Gasteiger partial charge in [0, 0.05) is 0 Å². The Morgan fingerprint density at radius 2 is 0.900 bits per heavy atom. The molecule has 0 aliphatic carbocycles. The first-order chi connectivity index (χ1) is 9.26. The van der Waals surface area contributed by atoms with Gasteiger partial charge in [-0.2, -0.15) is 0 Å². The SMILES string of the molecule is O=C[C@@H](O)[C@@H](O)[C@@H](O)CO.O=C[C@H](O)[C@H](O)[C@H](O)CO. The molecule has 0 bridgehead atoms. The molecule has 0 spiro atoms. The monoisotopic (exact) mass is 300 g/mol. The maximum absolute atomic E-state index is 9.76.